The highest BCUT2D eigenvalue weighted by atomic mass is 19.1. The molecule has 0 spiro atoms. The number of hydrogen-bond acceptors (Lipinski definition) is 4. The molecule has 0 aliphatic carbocycles. The van der Waals surface area contributed by atoms with Crippen molar-refractivity contribution in [2.75, 3.05) is 13.2 Å². The van der Waals surface area contributed by atoms with Gasteiger partial charge in [0.15, 0.2) is 11.8 Å². The molecule has 0 radical (unpaired) electrons. The molecule has 0 aromatic heterocycles. The fourth-order valence-corrected chi connectivity index (χ4v) is 5.69. The molecule has 208 valence electrons. The SMILES string of the molecule is Fc1ccc(CC(Cc2ccc(F)cc2)(C2=N[C@@H](Cc3ccccc3)CO2)C2=N[C@@H](Cc3ccccc3)CO2)cc1. The maximum Gasteiger partial charge on any atom is 0.200 e. The molecule has 2 heterocycles. The van der Waals surface area contributed by atoms with E-state index in [0.717, 1.165) is 24.0 Å². The molecule has 0 saturated heterocycles. The summed E-state index contributed by atoms with van der Waals surface area (Å²) in [5.41, 5.74) is 3.30. The third-order valence-corrected chi connectivity index (χ3v) is 7.71. The van der Waals surface area contributed by atoms with Crippen LogP contribution in [0.2, 0.25) is 0 Å². The molecule has 0 saturated carbocycles. The second kappa shape index (κ2) is 12.0. The maximum absolute atomic E-state index is 13.9. The summed E-state index contributed by atoms with van der Waals surface area (Å²) >= 11 is 0. The lowest BCUT2D eigenvalue weighted by atomic mass is 9.75. The fraction of sp³-hybridized carbons (Fsp3) is 0.257. The molecule has 4 aromatic carbocycles. The quantitative estimate of drug-likeness (QED) is 0.218. The van der Waals surface area contributed by atoms with Crippen LogP contribution in [0.1, 0.15) is 22.3 Å². The minimum absolute atomic E-state index is 0.0599. The smallest absolute Gasteiger partial charge is 0.200 e. The third-order valence-electron chi connectivity index (χ3n) is 7.71. The van der Waals surface area contributed by atoms with Gasteiger partial charge < -0.3 is 9.47 Å². The van der Waals surface area contributed by atoms with Gasteiger partial charge in [-0.25, -0.2) is 18.8 Å². The van der Waals surface area contributed by atoms with Crippen LogP contribution < -0.4 is 0 Å². The van der Waals surface area contributed by atoms with Gasteiger partial charge in [-0.15, -0.1) is 0 Å². The third kappa shape index (κ3) is 6.37. The molecule has 0 bridgehead atoms. The van der Waals surface area contributed by atoms with Gasteiger partial charge in [0, 0.05) is 0 Å². The van der Waals surface area contributed by atoms with E-state index >= 15 is 0 Å². The van der Waals surface area contributed by atoms with E-state index in [1.54, 1.807) is 24.3 Å². The van der Waals surface area contributed by atoms with Crippen molar-refractivity contribution in [3.63, 3.8) is 0 Å². The molecule has 0 N–H and O–H groups in total. The lowest BCUT2D eigenvalue weighted by Gasteiger charge is -2.32. The number of aliphatic imine (C=N–C) groups is 2. The first kappa shape index (κ1) is 26.9. The van der Waals surface area contributed by atoms with Gasteiger partial charge in [-0.3, -0.25) is 0 Å². The topological polar surface area (TPSA) is 43.2 Å². The zero-order valence-electron chi connectivity index (χ0n) is 22.8. The number of rotatable bonds is 10. The minimum Gasteiger partial charge on any atom is -0.478 e. The van der Waals surface area contributed by atoms with Crippen molar-refractivity contribution in [1.82, 2.24) is 0 Å². The Morgan fingerprint density at radius 1 is 0.537 bits per heavy atom. The van der Waals surface area contributed by atoms with Crippen molar-refractivity contribution >= 4 is 11.8 Å². The number of ether oxygens (including phenoxy) is 2. The van der Waals surface area contributed by atoms with Gasteiger partial charge in [0.25, 0.3) is 0 Å². The highest BCUT2D eigenvalue weighted by Crippen LogP contribution is 2.38. The molecule has 0 amide bonds. The summed E-state index contributed by atoms with van der Waals surface area (Å²) in [6.07, 6.45) is 2.38. The molecule has 4 aromatic rings. The van der Waals surface area contributed by atoms with Crippen LogP contribution in [-0.2, 0) is 35.2 Å². The largest absolute Gasteiger partial charge is 0.478 e. The van der Waals surface area contributed by atoms with Crippen LogP contribution in [0.25, 0.3) is 0 Å². The summed E-state index contributed by atoms with van der Waals surface area (Å²) in [4.78, 5) is 10.2. The predicted octanol–water partition coefficient (Wildman–Crippen LogP) is 6.82. The van der Waals surface area contributed by atoms with E-state index in [2.05, 4.69) is 24.3 Å². The van der Waals surface area contributed by atoms with E-state index in [1.807, 2.05) is 36.4 Å². The van der Waals surface area contributed by atoms with Crippen LogP contribution in [0.5, 0.6) is 0 Å². The van der Waals surface area contributed by atoms with E-state index in [0.29, 0.717) is 37.9 Å². The van der Waals surface area contributed by atoms with Crippen LogP contribution in [0.4, 0.5) is 8.78 Å². The predicted molar refractivity (Wildman–Crippen MR) is 157 cm³/mol. The second-order valence-corrected chi connectivity index (χ2v) is 10.9. The lowest BCUT2D eigenvalue weighted by Crippen LogP contribution is -2.44. The molecule has 6 heteroatoms. The van der Waals surface area contributed by atoms with Gasteiger partial charge in [-0.2, -0.15) is 0 Å². The monoisotopic (exact) mass is 550 g/mol. The summed E-state index contributed by atoms with van der Waals surface area (Å²) in [7, 11) is 0. The molecule has 41 heavy (non-hydrogen) atoms. The van der Waals surface area contributed by atoms with Crippen molar-refractivity contribution in [2.24, 2.45) is 15.4 Å². The Morgan fingerprint density at radius 3 is 1.32 bits per heavy atom. The van der Waals surface area contributed by atoms with Gasteiger partial charge in [0.2, 0.25) is 0 Å². The molecular weight excluding hydrogens is 518 g/mol. The van der Waals surface area contributed by atoms with Gasteiger partial charge in [0.1, 0.15) is 30.3 Å². The van der Waals surface area contributed by atoms with Crippen molar-refractivity contribution < 1.29 is 18.3 Å². The van der Waals surface area contributed by atoms with Crippen LogP contribution in [0, 0.1) is 17.0 Å². The highest BCUT2D eigenvalue weighted by Gasteiger charge is 2.49. The molecule has 0 unspecified atom stereocenters. The minimum atomic E-state index is -0.882. The van der Waals surface area contributed by atoms with E-state index in [9.17, 15) is 8.78 Å². The van der Waals surface area contributed by atoms with Crippen molar-refractivity contribution in [3.8, 4) is 0 Å². The van der Waals surface area contributed by atoms with Crippen molar-refractivity contribution in [3.05, 3.63) is 143 Å². The summed E-state index contributed by atoms with van der Waals surface area (Å²) in [6, 6.07) is 33.3. The Bertz CT molecular complexity index is 1390. The number of halogens is 2. The van der Waals surface area contributed by atoms with Gasteiger partial charge in [-0.05, 0) is 72.2 Å². The molecule has 2 aliphatic heterocycles. The summed E-state index contributed by atoms with van der Waals surface area (Å²) in [5, 5.41) is 0. The van der Waals surface area contributed by atoms with Gasteiger partial charge in [0.05, 0.1) is 12.1 Å². The average molecular weight is 551 g/mol. The van der Waals surface area contributed by atoms with Crippen molar-refractivity contribution in [2.45, 2.75) is 37.8 Å². The first-order chi connectivity index (χ1) is 20.1. The normalized spacial score (nSPS) is 18.4. The Kier molecular flexibility index (Phi) is 7.90. The fourth-order valence-electron chi connectivity index (χ4n) is 5.69. The highest BCUT2D eigenvalue weighted by molar-refractivity contribution is 6.07. The van der Waals surface area contributed by atoms with E-state index in [1.165, 1.54) is 35.4 Å². The molecule has 6 rings (SSSR count). The Balaban J connectivity index is 1.41. The Hall–Kier alpha value is -4.32. The van der Waals surface area contributed by atoms with E-state index in [4.69, 9.17) is 19.5 Å². The summed E-state index contributed by atoms with van der Waals surface area (Å²) in [6.45, 7) is 0.888. The summed E-state index contributed by atoms with van der Waals surface area (Å²) in [5.74, 6) is 0.526. The Morgan fingerprint density at radius 2 is 0.927 bits per heavy atom. The van der Waals surface area contributed by atoms with Crippen LogP contribution in [0.3, 0.4) is 0 Å². The molecule has 2 aliphatic rings. The first-order valence-electron chi connectivity index (χ1n) is 14.0. The number of nitrogens with zero attached hydrogens (tertiary/aromatic N) is 2. The first-order valence-corrected chi connectivity index (χ1v) is 14.0. The zero-order valence-corrected chi connectivity index (χ0v) is 22.8. The standard InChI is InChI=1S/C35H32F2N2O2/c36-29-15-11-27(12-16-29)21-35(22-28-13-17-30(37)18-14-28,33-38-31(23-40-33)19-25-7-3-1-4-8-25)34-39-32(24-41-34)20-26-9-5-2-6-10-26/h1-18,31-32H,19-24H2/t31-,32-/m0/s1. The number of hydrogen-bond donors (Lipinski definition) is 0. The zero-order chi connectivity index (χ0) is 28.1. The van der Waals surface area contributed by atoms with Crippen LogP contribution >= 0.6 is 0 Å². The van der Waals surface area contributed by atoms with Crippen molar-refractivity contribution in [1.29, 1.82) is 0 Å². The van der Waals surface area contributed by atoms with Crippen LogP contribution in [-0.4, -0.2) is 37.1 Å². The average Bonchev–Trinajstić information content (AvgIpc) is 3.67. The second-order valence-electron chi connectivity index (χ2n) is 10.9. The van der Waals surface area contributed by atoms with E-state index in [-0.39, 0.29) is 23.7 Å². The molecular formula is C35H32F2N2O2. The van der Waals surface area contributed by atoms with E-state index < -0.39 is 5.41 Å². The lowest BCUT2D eigenvalue weighted by molar-refractivity contribution is 0.248. The van der Waals surface area contributed by atoms with Crippen LogP contribution in [0.15, 0.2) is 119 Å². The Labute approximate surface area is 239 Å². The maximum atomic E-state index is 13.9. The van der Waals surface area contributed by atoms with Gasteiger partial charge in [-0.1, -0.05) is 84.9 Å². The molecule has 0 fully saturated rings. The molecule has 4 nitrogen and oxygen atoms in total. The number of benzene rings is 4. The summed E-state index contributed by atoms with van der Waals surface area (Å²) < 4.78 is 40.6. The van der Waals surface area contributed by atoms with Gasteiger partial charge >= 0.3 is 0 Å². The molecule has 2 atom stereocenters.